The number of aliphatic hydroxyl groups is 1. The van der Waals surface area contributed by atoms with Gasteiger partial charge in [0.1, 0.15) is 5.44 Å². The second-order valence-electron chi connectivity index (χ2n) is 2.70. The van der Waals surface area contributed by atoms with E-state index in [0.717, 1.165) is 11.8 Å². The third-order valence-corrected chi connectivity index (χ3v) is 2.40. The Morgan fingerprint density at radius 1 is 1.64 bits per heavy atom. The average molecular weight is 214 g/mol. The van der Waals surface area contributed by atoms with E-state index in [9.17, 15) is 10.1 Å². The van der Waals surface area contributed by atoms with Gasteiger partial charge in [-0.05, 0) is 19.1 Å². The number of aliphatic hydroxyl groups excluding tert-OH is 1. The molecular weight excluding hydrogens is 204 g/mol. The molecule has 3 N–H and O–H groups in total. The normalized spacial score (nSPS) is 12.4. The summed E-state index contributed by atoms with van der Waals surface area (Å²) in [5.74, 6) is 0. The number of nitro groups is 1. The number of benzene rings is 1. The van der Waals surface area contributed by atoms with Crippen LogP contribution in [0.2, 0.25) is 0 Å². The zero-order chi connectivity index (χ0) is 10.7. The van der Waals surface area contributed by atoms with Crippen LogP contribution in [0.5, 0.6) is 0 Å². The van der Waals surface area contributed by atoms with E-state index in [1.54, 1.807) is 0 Å². The molecule has 0 saturated heterocycles. The smallest absolute Gasteiger partial charge is 0.283 e. The summed E-state index contributed by atoms with van der Waals surface area (Å²) in [6.45, 7) is 1.54. The molecule has 0 heterocycles. The summed E-state index contributed by atoms with van der Waals surface area (Å²) < 4.78 is 0. The van der Waals surface area contributed by atoms with Gasteiger partial charge in [-0.25, -0.2) is 0 Å². The van der Waals surface area contributed by atoms with Crippen LogP contribution in [-0.4, -0.2) is 15.5 Å². The van der Waals surface area contributed by atoms with Crippen LogP contribution in [0.1, 0.15) is 6.92 Å². The average Bonchev–Trinajstić information content (AvgIpc) is 2.01. The first kappa shape index (κ1) is 10.8. The van der Waals surface area contributed by atoms with Gasteiger partial charge in [-0.2, -0.15) is 0 Å². The third-order valence-electron chi connectivity index (χ3n) is 1.48. The van der Waals surface area contributed by atoms with Gasteiger partial charge in [0, 0.05) is 11.8 Å². The first-order valence-electron chi connectivity index (χ1n) is 3.89. The Labute approximate surface area is 85.1 Å². The van der Waals surface area contributed by atoms with Crippen molar-refractivity contribution in [1.29, 1.82) is 0 Å². The largest absolute Gasteiger partial charge is 0.399 e. The van der Waals surface area contributed by atoms with Crippen LogP contribution in [0.3, 0.4) is 0 Å². The molecule has 0 fully saturated rings. The maximum atomic E-state index is 10.6. The standard InChI is InChI=1S/C8H10N2O3S/c1-5(11)14-8-4-6(9)2-3-7(8)10(12)13/h2-5,11H,9H2,1H3. The monoisotopic (exact) mass is 214 g/mol. The number of thioether (sulfide) groups is 1. The molecule has 6 heteroatoms. The summed E-state index contributed by atoms with van der Waals surface area (Å²) in [6.07, 6.45) is 0. The summed E-state index contributed by atoms with van der Waals surface area (Å²) in [5, 5.41) is 19.7. The summed E-state index contributed by atoms with van der Waals surface area (Å²) in [6, 6.07) is 4.28. The molecule has 0 spiro atoms. The minimum Gasteiger partial charge on any atom is -0.399 e. The fourth-order valence-electron chi connectivity index (χ4n) is 0.960. The van der Waals surface area contributed by atoms with E-state index in [1.807, 2.05) is 0 Å². The molecule has 0 aliphatic carbocycles. The second-order valence-corrected chi connectivity index (χ2v) is 4.06. The minimum atomic E-state index is -0.699. The molecular formula is C8H10N2O3S. The lowest BCUT2D eigenvalue weighted by atomic mass is 10.3. The maximum Gasteiger partial charge on any atom is 0.283 e. The highest BCUT2D eigenvalue weighted by Gasteiger charge is 2.15. The Morgan fingerprint density at radius 3 is 2.79 bits per heavy atom. The summed E-state index contributed by atoms with van der Waals surface area (Å²) >= 11 is 1.00. The van der Waals surface area contributed by atoms with Crippen LogP contribution in [-0.2, 0) is 0 Å². The summed E-state index contributed by atoms with van der Waals surface area (Å²) in [7, 11) is 0. The van der Waals surface area contributed by atoms with Gasteiger partial charge in [-0.3, -0.25) is 10.1 Å². The highest BCUT2D eigenvalue weighted by Crippen LogP contribution is 2.32. The Bertz CT molecular complexity index is 354. The maximum absolute atomic E-state index is 10.6. The van der Waals surface area contributed by atoms with Crippen LogP contribution in [0, 0.1) is 10.1 Å². The predicted octanol–water partition coefficient (Wildman–Crippen LogP) is 1.61. The molecule has 0 radical (unpaired) electrons. The van der Waals surface area contributed by atoms with E-state index < -0.39 is 10.4 Å². The van der Waals surface area contributed by atoms with Gasteiger partial charge in [0.15, 0.2) is 0 Å². The fraction of sp³-hybridized carbons (Fsp3) is 0.250. The molecule has 0 aliphatic heterocycles. The van der Waals surface area contributed by atoms with Crippen molar-refractivity contribution in [3.05, 3.63) is 28.3 Å². The lowest BCUT2D eigenvalue weighted by Crippen LogP contribution is -1.97. The number of rotatable bonds is 3. The van der Waals surface area contributed by atoms with Gasteiger partial charge in [-0.15, -0.1) is 0 Å². The number of nitro benzene ring substituents is 1. The van der Waals surface area contributed by atoms with Gasteiger partial charge < -0.3 is 10.8 Å². The molecule has 1 unspecified atom stereocenters. The predicted molar refractivity (Wildman–Crippen MR) is 55.0 cm³/mol. The molecule has 76 valence electrons. The zero-order valence-electron chi connectivity index (χ0n) is 7.51. The number of nitrogens with zero attached hydrogens (tertiary/aromatic N) is 1. The number of nitrogens with two attached hydrogens (primary N) is 1. The van der Waals surface area contributed by atoms with Gasteiger partial charge in [0.25, 0.3) is 5.69 Å². The van der Waals surface area contributed by atoms with Crippen LogP contribution in [0.4, 0.5) is 11.4 Å². The molecule has 1 rings (SSSR count). The molecule has 0 bridgehead atoms. The summed E-state index contributed by atoms with van der Waals surface area (Å²) in [4.78, 5) is 10.5. The molecule has 0 saturated carbocycles. The van der Waals surface area contributed by atoms with Gasteiger partial charge in [-0.1, -0.05) is 11.8 Å². The molecule has 0 aromatic heterocycles. The van der Waals surface area contributed by atoms with E-state index in [4.69, 9.17) is 10.8 Å². The SMILES string of the molecule is CC(O)Sc1cc(N)ccc1[N+](=O)[O-]. The number of nitrogen functional groups attached to an aromatic ring is 1. The van der Waals surface area contributed by atoms with Crippen LogP contribution < -0.4 is 5.73 Å². The van der Waals surface area contributed by atoms with E-state index in [0.29, 0.717) is 10.6 Å². The molecule has 0 aliphatic rings. The topological polar surface area (TPSA) is 89.4 Å². The molecule has 1 aromatic carbocycles. The van der Waals surface area contributed by atoms with Crippen molar-refractivity contribution in [2.75, 3.05) is 5.73 Å². The second kappa shape index (κ2) is 4.30. The van der Waals surface area contributed by atoms with Crippen LogP contribution in [0.15, 0.2) is 23.1 Å². The van der Waals surface area contributed by atoms with Crippen molar-refractivity contribution in [3.8, 4) is 0 Å². The molecule has 1 atom stereocenters. The summed E-state index contributed by atoms with van der Waals surface area (Å²) in [5.41, 5.74) is 5.19. The van der Waals surface area contributed by atoms with Crippen molar-refractivity contribution in [2.45, 2.75) is 17.3 Å². The van der Waals surface area contributed by atoms with E-state index in [2.05, 4.69) is 0 Å². The Hall–Kier alpha value is -1.27. The molecule has 5 nitrogen and oxygen atoms in total. The van der Waals surface area contributed by atoms with E-state index >= 15 is 0 Å². The minimum absolute atomic E-state index is 0.0369. The first-order chi connectivity index (χ1) is 6.50. The first-order valence-corrected chi connectivity index (χ1v) is 4.77. The third kappa shape index (κ3) is 2.61. The zero-order valence-corrected chi connectivity index (χ0v) is 8.32. The lowest BCUT2D eigenvalue weighted by molar-refractivity contribution is -0.387. The number of hydrogen-bond acceptors (Lipinski definition) is 5. The lowest BCUT2D eigenvalue weighted by Gasteiger charge is -2.05. The fourth-order valence-corrected chi connectivity index (χ4v) is 1.79. The van der Waals surface area contributed by atoms with Gasteiger partial charge in [0.05, 0.1) is 9.82 Å². The Morgan fingerprint density at radius 2 is 2.29 bits per heavy atom. The molecule has 1 aromatic rings. The number of hydrogen-bond donors (Lipinski definition) is 2. The molecule has 14 heavy (non-hydrogen) atoms. The van der Waals surface area contributed by atoms with Crippen molar-refractivity contribution in [2.24, 2.45) is 0 Å². The van der Waals surface area contributed by atoms with Crippen LogP contribution in [0.25, 0.3) is 0 Å². The van der Waals surface area contributed by atoms with E-state index in [1.165, 1.54) is 25.1 Å². The highest BCUT2D eigenvalue weighted by atomic mass is 32.2. The van der Waals surface area contributed by atoms with Crippen molar-refractivity contribution in [1.82, 2.24) is 0 Å². The van der Waals surface area contributed by atoms with Gasteiger partial charge >= 0.3 is 0 Å². The van der Waals surface area contributed by atoms with Gasteiger partial charge in [0.2, 0.25) is 0 Å². The quantitative estimate of drug-likeness (QED) is 0.262. The van der Waals surface area contributed by atoms with Crippen LogP contribution >= 0.6 is 11.8 Å². The Kier molecular flexibility index (Phi) is 3.32. The van der Waals surface area contributed by atoms with Crippen molar-refractivity contribution >= 4 is 23.1 Å². The van der Waals surface area contributed by atoms with E-state index in [-0.39, 0.29) is 5.69 Å². The number of anilines is 1. The van der Waals surface area contributed by atoms with Crippen molar-refractivity contribution in [3.63, 3.8) is 0 Å². The van der Waals surface area contributed by atoms with Crippen molar-refractivity contribution < 1.29 is 10.0 Å². The highest BCUT2D eigenvalue weighted by molar-refractivity contribution is 7.99. The molecule has 0 amide bonds. The Balaban J connectivity index is 3.09.